The van der Waals surface area contributed by atoms with Gasteiger partial charge in [0.2, 0.25) is 0 Å². The van der Waals surface area contributed by atoms with E-state index in [4.69, 9.17) is 9.97 Å². The van der Waals surface area contributed by atoms with Crippen molar-refractivity contribution in [1.82, 2.24) is 14.5 Å². The van der Waals surface area contributed by atoms with Crippen LogP contribution in [0, 0.1) is 0 Å². The van der Waals surface area contributed by atoms with E-state index in [-0.39, 0.29) is 22.5 Å². The van der Waals surface area contributed by atoms with Crippen LogP contribution in [0.25, 0.3) is 83.9 Å². The summed E-state index contributed by atoms with van der Waals surface area (Å²) in [5.74, 6) is 1.16. The Morgan fingerprint density at radius 1 is 0.492 bits per heavy atom. The summed E-state index contributed by atoms with van der Waals surface area (Å²) in [6.07, 6.45) is 1.90. The molecule has 0 aliphatic carbocycles. The second-order valence-electron chi connectivity index (χ2n) is 19.1. The van der Waals surface area contributed by atoms with Crippen molar-refractivity contribution in [3.8, 4) is 78.6 Å². The number of phenolic OH excluding ortho intramolecular Hbond substituents is 1. The Balaban J connectivity index is 1.38. The maximum Gasteiger partial charge on any atom is 0.149 e. The zero-order valence-electron chi connectivity index (χ0n) is 37.6. The summed E-state index contributed by atoms with van der Waals surface area (Å²) < 4.78 is 2.33. The molecule has 0 bridgehead atoms. The lowest BCUT2D eigenvalue weighted by Crippen LogP contribution is -2.17. The topological polar surface area (TPSA) is 50.9 Å². The zero-order valence-corrected chi connectivity index (χ0v) is 37.6. The number of hydrogen-bond acceptors (Lipinski definition) is 3. The number of pyridine rings is 1. The van der Waals surface area contributed by atoms with Crippen molar-refractivity contribution < 1.29 is 5.11 Å². The Kier molecular flexibility index (Phi) is 10.7. The second-order valence-corrected chi connectivity index (χ2v) is 19.1. The van der Waals surface area contributed by atoms with Gasteiger partial charge in [0, 0.05) is 28.5 Å². The van der Waals surface area contributed by atoms with Crippen molar-refractivity contribution in [1.29, 1.82) is 0 Å². The maximum atomic E-state index is 12.6. The lowest BCUT2D eigenvalue weighted by molar-refractivity contribution is 0.446. The third kappa shape index (κ3) is 7.98. The van der Waals surface area contributed by atoms with Gasteiger partial charge in [0.15, 0.2) is 0 Å². The Bertz CT molecular complexity index is 3090. The van der Waals surface area contributed by atoms with Crippen LogP contribution in [0.3, 0.4) is 0 Å². The highest BCUT2D eigenvalue weighted by Gasteiger charge is 2.30. The molecule has 0 radical (unpaired) electrons. The van der Waals surface area contributed by atoms with Crippen LogP contribution in [0.1, 0.15) is 78.0 Å². The Labute approximate surface area is 372 Å². The van der Waals surface area contributed by atoms with Crippen LogP contribution in [-0.4, -0.2) is 19.6 Å². The first-order valence-electron chi connectivity index (χ1n) is 22.1. The molecule has 0 amide bonds. The van der Waals surface area contributed by atoms with E-state index in [2.05, 4.69) is 224 Å². The van der Waals surface area contributed by atoms with Gasteiger partial charge < -0.3 is 5.11 Å². The SMILES string of the molecule is CC(C)c1cccc(-c2ccccc2)c1-n1c(-c2cc(C(C)(C)C)cc(C(C)(C)C)c2O)nc2c(-c3cc(-c4ccccc4)cc(-c4cc(-c5ccccc5)ccn4)c3)cccc21. The largest absolute Gasteiger partial charge is 0.507 e. The lowest BCUT2D eigenvalue weighted by Gasteiger charge is -2.28. The fourth-order valence-electron chi connectivity index (χ4n) is 8.80. The van der Waals surface area contributed by atoms with Crippen LogP contribution in [-0.2, 0) is 10.8 Å². The van der Waals surface area contributed by atoms with Crippen molar-refractivity contribution in [2.24, 2.45) is 0 Å². The Hall–Kier alpha value is -7.04. The van der Waals surface area contributed by atoms with Gasteiger partial charge in [-0.2, -0.15) is 0 Å². The minimum Gasteiger partial charge on any atom is -0.507 e. The van der Waals surface area contributed by atoms with Gasteiger partial charge in [-0.3, -0.25) is 9.55 Å². The molecule has 0 saturated carbocycles. The molecule has 2 heterocycles. The highest BCUT2D eigenvalue weighted by atomic mass is 16.3. The number of aromatic nitrogens is 3. The molecular formula is C59H55N3O. The molecule has 0 saturated heterocycles. The quantitative estimate of drug-likeness (QED) is 0.166. The number of rotatable bonds is 8. The molecule has 0 fully saturated rings. The van der Waals surface area contributed by atoms with Crippen LogP contribution < -0.4 is 0 Å². The standard InChI is InChI=1S/C59H55N3O/c1-38(2)47-26-18-28-49(41-24-16-11-17-25-41)55(47)62-53-29-19-27-48(54(53)61-57(62)50-36-46(58(3,4)5)37-51(56(50)63)59(6,7)8)44-32-43(40-22-14-10-15-23-40)33-45(34-44)52-35-42(30-31-60-52)39-20-12-9-13-21-39/h9-38,63H,1-8H3. The summed E-state index contributed by atoms with van der Waals surface area (Å²) in [7, 11) is 0. The van der Waals surface area contributed by atoms with Crippen molar-refractivity contribution >= 4 is 11.0 Å². The average molecular weight is 822 g/mol. The fraction of sp³-hybridized carbons (Fsp3) is 0.186. The number of nitrogens with zero attached hydrogens (tertiary/aromatic N) is 3. The van der Waals surface area contributed by atoms with Gasteiger partial charge >= 0.3 is 0 Å². The second kappa shape index (κ2) is 16.3. The number of phenols is 1. The zero-order chi connectivity index (χ0) is 44.0. The Morgan fingerprint density at radius 2 is 1.08 bits per heavy atom. The first-order valence-corrected chi connectivity index (χ1v) is 22.1. The van der Waals surface area contributed by atoms with Crippen LogP contribution in [0.15, 0.2) is 176 Å². The third-order valence-electron chi connectivity index (χ3n) is 12.2. The Morgan fingerprint density at radius 3 is 1.71 bits per heavy atom. The van der Waals surface area contributed by atoms with Gasteiger partial charge in [-0.25, -0.2) is 4.98 Å². The molecule has 63 heavy (non-hydrogen) atoms. The number of aromatic hydroxyl groups is 1. The average Bonchev–Trinajstić information content (AvgIpc) is 3.68. The molecule has 0 aliphatic rings. The maximum absolute atomic E-state index is 12.6. The number of para-hydroxylation sites is 2. The molecule has 0 aliphatic heterocycles. The molecule has 1 N–H and O–H groups in total. The van der Waals surface area contributed by atoms with E-state index in [1.165, 1.54) is 5.56 Å². The first-order chi connectivity index (χ1) is 30.3. The van der Waals surface area contributed by atoms with Gasteiger partial charge in [-0.05, 0) is 104 Å². The summed E-state index contributed by atoms with van der Waals surface area (Å²) in [6, 6.07) is 60.2. The highest BCUT2D eigenvalue weighted by molar-refractivity contribution is 5.99. The third-order valence-corrected chi connectivity index (χ3v) is 12.2. The van der Waals surface area contributed by atoms with E-state index >= 15 is 0 Å². The molecular weight excluding hydrogens is 767 g/mol. The van der Waals surface area contributed by atoms with Crippen LogP contribution >= 0.6 is 0 Å². The van der Waals surface area contributed by atoms with Gasteiger partial charge in [0.25, 0.3) is 0 Å². The van der Waals surface area contributed by atoms with Crippen LogP contribution in [0.4, 0.5) is 0 Å². The van der Waals surface area contributed by atoms with Gasteiger partial charge in [0.1, 0.15) is 11.6 Å². The number of fused-ring (bicyclic) bond motifs is 1. The van der Waals surface area contributed by atoms with E-state index < -0.39 is 0 Å². The van der Waals surface area contributed by atoms with Gasteiger partial charge in [-0.1, -0.05) is 183 Å². The summed E-state index contributed by atoms with van der Waals surface area (Å²) >= 11 is 0. The highest BCUT2D eigenvalue weighted by Crippen LogP contribution is 2.47. The summed E-state index contributed by atoms with van der Waals surface area (Å²) in [5.41, 5.74) is 16.9. The minimum atomic E-state index is -0.326. The van der Waals surface area contributed by atoms with E-state index in [1.807, 2.05) is 12.3 Å². The van der Waals surface area contributed by atoms with E-state index in [0.717, 1.165) is 83.6 Å². The molecule has 0 unspecified atom stereocenters. The molecule has 4 nitrogen and oxygen atoms in total. The predicted octanol–water partition coefficient (Wildman–Crippen LogP) is 15.8. The van der Waals surface area contributed by atoms with Crippen LogP contribution in [0.2, 0.25) is 0 Å². The van der Waals surface area contributed by atoms with Crippen molar-refractivity contribution in [2.75, 3.05) is 0 Å². The molecule has 0 atom stereocenters. The molecule has 9 aromatic rings. The molecule has 2 aromatic heterocycles. The summed E-state index contributed by atoms with van der Waals surface area (Å²) in [4.78, 5) is 10.7. The minimum absolute atomic E-state index is 0.185. The summed E-state index contributed by atoms with van der Waals surface area (Å²) in [6.45, 7) is 17.7. The first kappa shape index (κ1) is 41.3. The van der Waals surface area contributed by atoms with Crippen LogP contribution in [0.5, 0.6) is 5.75 Å². The molecule has 7 aromatic carbocycles. The molecule has 0 spiro atoms. The van der Waals surface area contributed by atoms with Crippen molar-refractivity contribution in [3.63, 3.8) is 0 Å². The molecule has 9 rings (SSSR count). The number of benzene rings is 7. The monoisotopic (exact) mass is 821 g/mol. The number of hydrogen-bond donors (Lipinski definition) is 1. The van der Waals surface area contributed by atoms with Gasteiger partial charge in [-0.15, -0.1) is 0 Å². The van der Waals surface area contributed by atoms with Crippen molar-refractivity contribution in [3.05, 3.63) is 193 Å². The number of imidazole rings is 1. The predicted molar refractivity (Wildman–Crippen MR) is 265 cm³/mol. The molecule has 312 valence electrons. The smallest absolute Gasteiger partial charge is 0.149 e. The lowest BCUT2D eigenvalue weighted by atomic mass is 9.79. The van der Waals surface area contributed by atoms with Gasteiger partial charge in [0.05, 0.1) is 28.0 Å². The normalized spacial score (nSPS) is 12.0. The van der Waals surface area contributed by atoms with E-state index in [9.17, 15) is 5.11 Å². The fourth-order valence-corrected chi connectivity index (χ4v) is 8.80. The summed E-state index contributed by atoms with van der Waals surface area (Å²) in [5, 5.41) is 12.6. The molecule has 4 heteroatoms. The van der Waals surface area contributed by atoms with E-state index in [0.29, 0.717) is 11.4 Å². The van der Waals surface area contributed by atoms with E-state index in [1.54, 1.807) is 0 Å². The van der Waals surface area contributed by atoms with Crippen molar-refractivity contribution in [2.45, 2.75) is 72.1 Å².